The predicted molar refractivity (Wildman–Crippen MR) is 99.1 cm³/mol. The van der Waals surface area contributed by atoms with E-state index in [1.807, 2.05) is 30.3 Å². The number of oxazole rings is 1. The Kier molecular flexibility index (Phi) is 7.15. The number of rotatable bonds is 8. The zero-order chi connectivity index (χ0) is 16.1. The van der Waals surface area contributed by atoms with Gasteiger partial charge in [0, 0.05) is 23.9 Å². The van der Waals surface area contributed by atoms with E-state index >= 15 is 0 Å². The van der Waals surface area contributed by atoms with Crippen LogP contribution in [-0.4, -0.2) is 29.2 Å². The van der Waals surface area contributed by atoms with Gasteiger partial charge in [0.2, 0.25) is 11.8 Å². The van der Waals surface area contributed by atoms with Crippen LogP contribution in [0.5, 0.6) is 0 Å². The minimum absolute atomic E-state index is 0. The van der Waals surface area contributed by atoms with Crippen LogP contribution in [0.25, 0.3) is 11.5 Å². The molecule has 7 heteroatoms. The highest BCUT2D eigenvalue weighted by atomic mass is 35.5. The molecular formula is C17H22ClN3O2S. The zero-order valence-electron chi connectivity index (χ0n) is 13.3. The zero-order valence-corrected chi connectivity index (χ0v) is 14.9. The minimum atomic E-state index is 0. The Hall–Kier alpha value is -1.50. The second-order valence-corrected chi connectivity index (χ2v) is 6.74. The molecule has 2 aromatic rings. The van der Waals surface area contributed by atoms with Gasteiger partial charge in [-0.2, -0.15) is 0 Å². The molecule has 1 aromatic carbocycles. The van der Waals surface area contributed by atoms with Gasteiger partial charge in [0.05, 0.1) is 11.4 Å². The Bertz CT molecular complexity index is 646. The number of carbonyl (C=O) groups is 1. The second kappa shape index (κ2) is 9.11. The van der Waals surface area contributed by atoms with Gasteiger partial charge in [-0.25, -0.2) is 4.98 Å². The lowest BCUT2D eigenvalue weighted by atomic mass is 10.2. The van der Waals surface area contributed by atoms with Crippen LogP contribution in [0, 0.1) is 5.92 Å². The summed E-state index contributed by atoms with van der Waals surface area (Å²) in [7, 11) is 0. The quantitative estimate of drug-likeness (QED) is 0.749. The summed E-state index contributed by atoms with van der Waals surface area (Å²) in [6.07, 6.45) is 4.01. The maximum absolute atomic E-state index is 11.9. The summed E-state index contributed by atoms with van der Waals surface area (Å²) in [5, 5.41) is 3.02. The Morgan fingerprint density at radius 1 is 1.38 bits per heavy atom. The number of nitrogens with zero attached hydrogens (tertiary/aromatic N) is 1. The van der Waals surface area contributed by atoms with E-state index in [9.17, 15) is 4.79 Å². The van der Waals surface area contributed by atoms with Crippen molar-refractivity contribution in [1.82, 2.24) is 10.3 Å². The molecule has 5 nitrogen and oxygen atoms in total. The Morgan fingerprint density at radius 2 is 2.12 bits per heavy atom. The number of amides is 1. The van der Waals surface area contributed by atoms with Crippen LogP contribution >= 0.6 is 24.2 Å². The number of nitrogens with two attached hydrogens (primary N) is 1. The molecule has 1 saturated carbocycles. The van der Waals surface area contributed by atoms with Crippen LogP contribution in [-0.2, 0) is 10.5 Å². The maximum Gasteiger partial charge on any atom is 0.230 e. The maximum atomic E-state index is 11.9. The van der Waals surface area contributed by atoms with E-state index in [-0.39, 0.29) is 24.4 Å². The van der Waals surface area contributed by atoms with Crippen LogP contribution in [0.15, 0.2) is 41.0 Å². The first-order valence-electron chi connectivity index (χ1n) is 7.83. The van der Waals surface area contributed by atoms with Crippen molar-refractivity contribution >= 4 is 30.1 Å². The molecule has 3 N–H and O–H groups in total. The monoisotopic (exact) mass is 367 g/mol. The van der Waals surface area contributed by atoms with Gasteiger partial charge in [0.1, 0.15) is 6.26 Å². The average Bonchev–Trinajstić information content (AvgIpc) is 3.32. The third-order valence-corrected chi connectivity index (χ3v) is 4.81. The molecule has 1 unspecified atom stereocenters. The van der Waals surface area contributed by atoms with Gasteiger partial charge < -0.3 is 15.5 Å². The lowest BCUT2D eigenvalue weighted by Gasteiger charge is -2.15. The first kappa shape index (κ1) is 18.8. The van der Waals surface area contributed by atoms with E-state index in [0.29, 0.717) is 29.9 Å². The Balaban J connectivity index is 0.00000208. The van der Waals surface area contributed by atoms with E-state index in [1.165, 1.54) is 24.6 Å². The summed E-state index contributed by atoms with van der Waals surface area (Å²) in [6.45, 7) is 0.519. The normalized spacial score (nSPS) is 14.7. The largest absolute Gasteiger partial charge is 0.444 e. The molecule has 1 amide bonds. The van der Waals surface area contributed by atoms with Gasteiger partial charge in [-0.1, -0.05) is 18.2 Å². The van der Waals surface area contributed by atoms with Gasteiger partial charge in [-0.05, 0) is 30.9 Å². The smallest absolute Gasteiger partial charge is 0.230 e. The van der Waals surface area contributed by atoms with Crippen molar-refractivity contribution in [1.29, 1.82) is 0 Å². The summed E-state index contributed by atoms with van der Waals surface area (Å²) in [5.74, 6) is 2.31. The summed E-state index contributed by atoms with van der Waals surface area (Å²) < 4.78 is 5.49. The lowest BCUT2D eigenvalue weighted by Crippen LogP contribution is -2.42. The van der Waals surface area contributed by atoms with Crippen molar-refractivity contribution < 1.29 is 9.21 Å². The fraction of sp³-hybridized carbons (Fsp3) is 0.412. The third kappa shape index (κ3) is 5.26. The van der Waals surface area contributed by atoms with Gasteiger partial charge in [0.15, 0.2) is 0 Å². The van der Waals surface area contributed by atoms with Crippen molar-refractivity contribution in [3.05, 3.63) is 42.3 Å². The number of hydrogen-bond donors (Lipinski definition) is 2. The number of aromatic nitrogens is 1. The molecule has 0 saturated heterocycles. The second-order valence-electron chi connectivity index (χ2n) is 5.75. The minimum Gasteiger partial charge on any atom is -0.444 e. The van der Waals surface area contributed by atoms with Crippen molar-refractivity contribution in [3.8, 4) is 11.5 Å². The molecule has 1 aromatic heterocycles. The molecule has 0 bridgehead atoms. The molecule has 0 aliphatic heterocycles. The topological polar surface area (TPSA) is 81.1 Å². The molecule has 0 radical (unpaired) electrons. The Morgan fingerprint density at radius 3 is 2.79 bits per heavy atom. The molecule has 130 valence electrons. The lowest BCUT2D eigenvalue weighted by molar-refractivity contribution is -0.119. The molecule has 1 aliphatic carbocycles. The highest BCUT2D eigenvalue weighted by Crippen LogP contribution is 2.32. The van der Waals surface area contributed by atoms with Crippen LogP contribution in [0.4, 0.5) is 0 Å². The fourth-order valence-electron chi connectivity index (χ4n) is 2.45. The number of thioether (sulfide) groups is 1. The third-order valence-electron chi connectivity index (χ3n) is 3.85. The first-order chi connectivity index (χ1) is 11.3. The summed E-state index contributed by atoms with van der Waals surface area (Å²) in [5.41, 5.74) is 7.50. The van der Waals surface area contributed by atoms with Crippen LogP contribution in [0.2, 0.25) is 0 Å². The van der Waals surface area contributed by atoms with Crippen molar-refractivity contribution in [2.24, 2.45) is 11.7 Å². The first-order valence-corrected chi connectivity index (χ1v) is 8.98. The van der Waals surface area contributed by atoms with E-state index in [1.54, 1.807) is 6.26 Å². The van der Waals surface area contributed by atoms with Crippen molar-refractivity contribution in [2.45, 2.75) is 24.6 Å². The highest BCUT2D eigenvalue weighted by Gasteiger charge is 2.31. The number of nitrogens with one attached hydrogen (secondary N) is 1. The van der Waals surface area contributed by atoms with E-state index < -0.39 is 0 Å². The van der Waals surface area contributed by atoms with Crippen LogP contribution in [0.3, 0.4) is 0 Å². The SMILES string of the molecule is Cl.NCC(NC(=O)CSCc1coc(-c2ccccc2)n1)C1CC1. The molecule has 3 rings (SSSR count). The molecule has 24 heavy (non-hydrogen) atoms. The standard InChI is InChI=1S/C17H21N3O2S.ClH/c18-8-15(12-6-7-12)20-16(21)11-23-10-14-9-22-17(19-14)13-4-2-1-3-5-13;/h1-5,9,12,15H,6-8,10-11,18H2,(H,20,21);1H. The van der Waals surface area contributed by atoms with Gasteiger partial charge in [0.25, 0.3) is 0 Å². The van der Waals surface area contributed by atoms with Crippen LogP contribution in [0.1, 0.15) is 18.5 Å². The number of carbonyl (C=O) groups excluding carboxylic acids is 1. The summed E-state index contributed by atoms with van der Waals surface area (Å²) in [4.78, 5) is 16.4. The van der Waals surface area contributed by atoms with E-state index in [2.05, 4.69) is 10.3 Å². The number of benzene rings is 1. The van der Waals surface area contributed by atoms with Gasteiger partial charge in [-0.3, -0.25) is 4.79 Å². The van der Waals surface area contributed by atoms with E-state index in [0.717, 1.165) is 11.3 Å². The van der Waals surface area contributed by atoms with Gasteiger partial charge >= 0.3 is 0 Å². The molecule has 0 spiro atoms. The number of halogens is 1. The predicted octanol–water partition coefficient (Wildman–Crippen LogP) is 2.85. The molecule has 1 heterocycles. The van der Waals surface area contributed by atoms with Crippen LogP contribution < -0.4 is 11.1 Å². The molecule has 1 atom stereocenters. The molecular weight excluding hydrogens is 346 g/mol. The summed E-state index contributed by atoms with van der Waals surface area (Å²) >= 11 is 1.53. The Labute approximate surface area is 152 Å². The highest BCUT2D eigenvalue weighted by molar-refractivity contribution is 7.99. The summed E-state index contributed by atoms with van der Waals surface area (Å²) in [6, 6.07) is 9.91. The average molecular weight is 368 g/mol. The van der Waals surface area contributed by atoms with Gasteiger partial charge in [-0.15, -0.1) is 24.2 Å². The molecule has 1 fully saturated rings. The molecule has 1 aliphatic rings. The van der Waals surface area contributed by atoms with E-state index in [4.69, 9.17) is 10.2 Å². The van der Waals surface area contributed by atoms with Crippen molar-refractivity contribution in [3.63, 3.8) is 0 Å². The fourth-order valence-corrected chi connectivity index (χ4v) is 3.16. The van der Waals surface area contributed by atoms with Crippen molar-refractivity contribution in [2.75, 3.05) is 12.3 Å². The number of hydrogen-bond acceptors (Lipinski definition) is 5.